The molecule has 27 heavy (non-hydrogen) atoms. The van der Waals surface area contributed by atoms with E-state index in [9.17, 15) is 14.0 Å². The number of amides is 1. The summed E-state index contributed by atoms with van der Waals surface area (Å²) in [6, 6.07) is 11.4. The van der Waals surface area contributed by atoms with Crippen LogP contribution in [0.5, 0.6) is 0 Å². The van der Waals surface area contributed by atoms with Crippen molar-refractivity contribution in [2.75, 3.05) is 0 Å². The second-order valence-electron chi connectivity index (χ2n) is 7.08. The van der Waals surface area contributed by atoms with Gasteiger partial charge in [0.1, 0.15) is 5.82 Å². The lowest BCUT2D eigenvalue weighted by Crippen LogP contribution is -2.41. The van der Waals surface area contributed by atoms with E-state index in [2.05, 4.69) is 4.98 Å². The summed E-state index contributed by atoms with van der Waals surface area (Å²) < 4.78 is 18.3. The van der Waals surface area contributed by atoms with Crippen molar-refractivity contribution in [3.63, 3.8) is 0 Å². The summed E-state index contributed by atoms with van der Waals surface area (Å²) in [6.45, 7) is 0.429. The normalized spacial score (nSPS) is 15.1. The van der Waals surface area contributed by atoms with Crippen LogP contribution in [0, 0.1) is 5.82 Å². The highest BCUT2D eigenvalue weighted by Crippen LogP contribution is 2.26. The highest BCUT2D eigenvalue weighted by molar-refractivity contribution is 5.97. The number of aromatic nitrogens is 1. The molecule has 1 heterocycles. The first kappa shape index (κ1) is 17.5. The van der Waals surface area contributed by atoms with Gasteiger partial charge in [0, 0.05) is 18.2 Å². The van der Waals surface area contributed by atoms with Crippen LogP contribution in [0.15, 0.2) is 51.7 Å². The Bertz CT molecular complexity index is 1000. The fourth-order valence-electron chi connectivity index (χ4n) is 3.79. The highest BCUT2D eigenvalue weighted by Gasteiger charge is 2.27. The largest absolute Gasteiger partial charge is 0.417 e. The van der Waals surface area contributed by atoms with Crippen LogP contribution in [0.25, 0.3) is 11.1 Å². The van der Waals surface area contributed by atoms with Crippen molar-refractivity contribution in [3.8, 4) is 0 Å². The van der Waals surface area contributed by atoms with E-state index in [0.29, 0.717) is 23.2 Å². The van der Waals surface area contributed by atoms with Crippen molar-refractivity contribution in [2.24, 2.45) is 0 Å². The van der Waals surface area contributed by atoms with Crippen LogP contribution >= 0.6 is 0 Å². The first-order valence-corrected chi connectivity index (χ1v) is 9.28. The number of nitrogens with one attached hydrogen (secondary N) is 1. The molecular formula is C21H21FN2O3. The molecule has 1 aliphatic carbocycles. The van der Waals surface area contributed by atoms with Gasteiger partial charge in [0.25, 0.3) is 5.91 Å². The summed E-state index contributed by atoms with van der Waals surface area (Å²) in [4.78, 5) is 29.1. The fourth-order valence-corrected chi connectivity index (χ4v) is 3.79. The quantitative estimate of drug-likeness (QED) is 0.749. The van der Waals surface area contributed by atoms with Crippen LogP contribution < -0.4 is 5.76 Å². The van der Waals surface area contributed by atoms with Crippen LogP contribution in [0.4, 0.5) is 4.39 Å². The summed E-state index contributed by atoms with van der Waals surface area (Å²) in [6.07, 6.45) is 5.32. The summed E-state index contributed by atoms with van der Waals surface area (Å²) >= 11 is 0. The highest BCUT2D eigenvalue weighted by atomic mass is 19.1. The molecular weight excluding hydrogens is 347 g/mol. The Balaban J connectivity index is 1.65. The molecule has 140 valence electrons. The van der Waals surface area contributed by atoms with Crippen molar-refractivity contribution >= 4 is 17.0 Å². The number of hydrogen-bond donors (Lipinski definition) is 1. The molecule has 1 fully saturated rings. The van der Waals surface area contributed by atoms with Gasteiger partial charge in [-0.25, -0.2) is 9.18 Å². The number of nitrogens with zero attached hydrogens (tertiary/aromatic N) is 1. The zero-order valence-electron chi connectivity index (χ0n) is 14.9. The standard InChI is InChI=1S/C21H21FN2O3/c22-16-9-6-14(7-10-16)13-24(17-4-2-1-3-5-17)20(25)15-8-11-18-19(12-15)27-21(26)23-18/h6-12,17H,1-5,13H2,(H,23,26). The molecule has 0 bridgehead atoms. The first-order chi connectivity index (χ1) is 13.1. The van der Waals surface area contributed by atoms with Gasteiger partial charge >= 0.3 is 5.76 Å². The minimum absolute atomic E-state index is 0.100. The monoisotopic (exact) mass is 368 g/mol. The predicted octanol–water partition coefficient (Wildman–Crippen LogP) is 4.24. The summed E-state index contributed by atoms with van der Waals surface area (Å²) in [5.41, 5.74) is 2.32. The fraction of sp³-hybridized carbons (Fsp3) is 0.333. The number of rotatable bonds is 4. The number of aromatic amines is 1. The summed E-state index contributed by atoms with van der Waals surface area (Å²) in [5, 5.41) is 0. The molecule has 1 amide bonds. The SMILES string of the molecule is O=C(c1ccc2[nH]c(=O)oc2c1)N(Cc1ccc(F)cc1)C1CCCCC1. The second kappa shape index (κ2) is 7.39. The molecule has 2 aromatic carbocycles. The minimum atomic E-state index is -0.537. The molecule has 1 N–H and O–H groups in total. The third-order valence-corrected chi connectivity index (χ3v) is 5.21. The van der Waals surface area contributed by atoms with Gasteiger partial charge in [0.15, 0.2) is 5.58 Å². The summed E-state index contributed by atoms with van der Waals surface area (Å²) in [7, 11) is 0. The molecule has 0 spiro atoms. The number of oxazole rings is 1. The Hall–Kier alpha value is -2.89. The van der Waals surface area contributed by atoms with E-state index >= 15 is 0 Å². The Kier molecular flexibility index (Phi) is 4.79. The molecule has 0 aliphatic heterocycles. The Morgan fingerprint density at radius 2 is 1.85 bits per heavy atom. The van der Waals surface area contributed by atoms with E-state index in [4.69, 9.17) is 4.42 Å². The number of halogens is 1. The van der Waals surface area contributed by atoms with Crippen molar-refractivity contribution in [2.45, 2.75) is 44.7 Å². The third kappa shape index (κ3) is 3.79. The van der Waals surface area contributed by atoms with Crippen molar-refractivity contribution < 1.29 is 13.6 Å². The average Bonchev–Trinajstić information content (AvgIpc) is 3.07. The maximum absolute atomic E-state index is 13.3. The number of benzene rings is 2. The van der Waals surface area contributed by atoms with Gasteiger partial charge in [-0.1, -0.05) is 31.4 Å². The number of H-pyrrole nitrogens is 1. The van der Waals surface area contributed by atoms with Crippen molar-refractivity contribution in [1.82, 2.24) is 9.88 Å². The van der Waals surface area contributed by atoms with E-state index in [-0.39, 0.29) is 17.8 Å². The van der Waals surface area contributed by atoms with Crippen LogP contribution in [0.2, 0.25) is 0 Å². The van der Waals surface area contributed by atoms with E-state index in [0.717, 1.165) is 31.2 Å². The van der Waals surface area contributed by atoms with E-state index in [1.54, 1.807) is 30.3 Å². The van der Waals surface area contributed by atoms with Crippen molar-refractivity contribution in [3.05, 3.63) is 70.0 Å². The van der Waals surface area contributed by atoms with E-state index < -0.39 is 5.76 Å². The predicted molar refractivity (Wildman–Crippen MR) is 100.0 cm³/mol. The van der Waals surface area contributed by atoms with Gasteiger partial charge in [-0.15, -0.1) is 0 Å². The van der Waals surface area contributed by atoms with Gasteiger partial charge < -0.3 is 9.32 Å². The molecule has 3 aromatic rings. The van der Waals surface area contributed by atoms with Crippen LogP contribution in [0.3, 0.4) is 0 Å². The summed E-state index contributed by atoms with van der Waals surface area (Å²) in [5.74, 6) is -0.927. The number of carbonyl (C=O) groups excluding carboxylic acids is 1. The molecule has 6 heteroatoms. The minimum Gasteiger partial charge on any atom is -0.408 e. The topological polar surface area (TPSA) is 66.3 Å². The average molecular weight is 368 g/mol. The Morgan fingerprint density at radius 3 is 2.59 bits per heavy atom. The second-order valence-corrected chi connectivity index (χ2v) is 7.08. The molecule has 1 saturated carbocycles. The molecule has 5 nitrogen and oxygen atoms in total. The van der Waals surface area contributed by atoms with Crippen LogP contribution in [-0.4, -0.2) is 21.8 Å². The maximum Gasteiger partial charge on any atom is 0.417 e. The lowest BCUT2D eigenvalue weighted by molar-refractivity contribution is 0.0614. The first-order valence-electron chi connectivity index (χ1n) is 9.28. The van der Waals surface area contributed by atoms with E-state index in [1.807, 2.05) is 4.90 Å². The Labute approximate surface area is 155 Å². The lowest BCUT2D eigenvalue weighted by atomic mass is 9.93. The number of hydrogen-bond acceptors (Lipinski definition) is 3. The molecule has 0 atom stereocenters. The molecule has 0 saturated heterocycles. The lowest BCUT2D eigenvalue weighted by Gasteiger charge is -2.34. The maximum atomic E-state index is 13.3. The third-order valence-electron chi connectivity index (χ3n) is 5.21. The molecule has 1 aromatic heterocycles. The van der Waals surface area contributed by atoms with Gasteiger partial charge in [0.05, 0.1) is 5.52 Å². The van der Waals surface area contributed by atoms with E-state index in [1.165, 1.54) is 18.6 Å². The van der Waals surface area contributed by atoms with Gasteiger partial charge in [-0.3, -0.25) is 9.78 Å². The molecule has 0 radical (unpaired) electrons. The van der Waals surface area contributed by atoms with Gasteiger partial charge in [-0.2, -0.15) is 0 Å². The molecule has 1 aliphatic rings. The van der Waals surface area contributed by atoms with Crippen molar-refractivity contribution in [1.29, 1.82) is 0 Å². The Morgan fingerprint density at radius 1 is 1.11 bits per heavy atom. The van der Waals surface area contributed by atoms with Crippen LogP contribution in [-0.2, 0) is 6.54 Å². The zero-order valence-corrected chi connectivity index (χ0v) is 14.9. The van der Waals surface area contributed by atoms with Crippen LogP contribution in [0.1, 0.15) is 48.0 Å². The van der Waals surface area contributed by atoms with Gasteiger partial charge in [-0.05, 0) is 48.7 Å². The van der Waals surface area contributed by atoms with Gasteiger partial charge in [0.2, 0.25) is 0 Å². The smallest absolute Gasteiger partial charge is 0.408 e. The molecule has 4 rings (SSSR count). The number of carbonyl (C=O) groups is 1. The number of fused-ring (bicyclic) bond motifs is 1. The zero-order chi connectivity index (χ0) is 18.8. The molecule has 0 unspecified atom stereocenters.